The molecule has 0 unspecified atom stereocenters. The van der Waals surface area contributed by atoms with Crippen LogP contribution in [0.25, 0.3) is 0 Å². The third-order valence-electron chi connectivity index (χ3n) is 19.5. The van der Waals surface area contributed by atoms with Crippen molar-refractivity contribution in [3.63, 3.8) is 0 Å². The third kappa shape index (κ3) is 68.3. The molecule has 6 rings (SSSR count). The van der Waals surface area contributed by atoms with E-state index >= 15 is 0 Å². The second-order valence-corrected chi connectivity index (χ2v) is 34.7. The van der Waals surface area contributed by atoms with E-state index in [4.69, 9.17) is 24.1 Å². The van der Waals surface area contributed by atoms with Crippen LogP contribution in [0.15, 0.2) is 0 Å². The van der Waals surface area contributed by atoms with Crippen molar-refractivity contribution in [3.8, 4) is 0 Å². The average molecular weight is 1400 g/mol. The molecule has 0 bridgehead atoms. The molecule has 3 aliphatic carbocycles. The molecule has 6 aliphatic rings. The van der Waals surface area contributed by atoms with Crippen molar-refractivity contribution in [1.29, 1.82) is 0 Å². The van der Waals surface area contributed by atoms with Crippen LogP contribution in [0.4, 0.5) is 13.2 Å². The van der Waals surface area contributed by atoms with Gasteiger partial charge in [0.05, 0.1) is 53.9 Å². The molecular weight excluding hydrogens is 1220 g/mol. The van der Waals surface area contributed by atoms with Crippen LogP contribution < -0.4 is 0 Å². The topological polar surface area (TPSA) is 96.3 Å². The first-order chi connectivity index (χ1) is 44.7. The van der Waals surface area contributed by atoms with Gasteiger partial charge in [0.15, 0.2) is 0 Å². The lowest BCUT2D eigenvalue weighted by molar-refractivity contribution is -0.181. The molecule has 0 spiro atoms. The van der Waals surface area contributed by atoms with E-state index in [-0.39, 0.29) is 47.3 Å². The highest BCUT2D eigenvalue weighted by Gasteiger charge is 2.32. The Hall–Kier alpha value is -0.610. The number of alkyl halides is 3. The second-order valence-electron chi connectivity index (χ2n) is 34.7. The van der Waals surface area contributed by atoms with Gasteiger partial charge in [-0.2, -0.15) is 13.2 Å². The normalized spacial score (nSPS) is 18.5. The van der Waals surface area contributed by atoms with Crippen LogP contribution in [0.3, 0.4) is 0 Å². The number of aliphatic hydroxyl groups is 2. The van der Waals surface area contributed by atoms with E-state index in [1.54, 1.807) is 28.1 Å². The van der Waals surface area contributed by atoms with E-state index in [0.717, 1.165) is 66.5 Å². The number of methoxy groups -OCH3 is 2. The fourth-order valence-electron chi connectivity index (χ4n) is 12.6. The molecule has 0 aromatic rings. The molecule has 0 radical (unpaired) electrons. The number of nitrogens with zero attached hydrogens (tertiary/aromatic N) is 3. The standard InChI is InChI=1S/C9H18O.2C9H18.2C8H17N.C8H18O2.C7H15N.C7H16O2.C7H16O.C7H16.C5H9F3O/c1-8(2)9(10)6-4-3-5-7-9;4*1-8(2)9-6-4-3-5-7-9;1-7(2)10-8(3,4)6-9-5;1-7(2)8-5-3-4-6-8;1-6(2)9-7(3,4)5-8;1-6(2)7(3,4)8-5;1-6(2)5-7(3)4;1-4(2)9-3-5(6,7)8/h8,10H,3-7H2,1-2H3;2*8-9H,3-7H2,1-2H3;2*8H,3-7H2,1-2H3;7H,6H2,1-5H3;7H,3-6H2,1-2H3;6,8H,5H2,1-4H3;6H,1-5H3;6-7H,5H2,1-4H3;4H,3H2,1-2H3. The van der Waals surface area contributed by atoms with Crippen LogP contribution >= 0.6 is 0 Å². The summed E-state index contributed by atoms with van der Waals surface area (Å²) < 4.78 is 59.2. The summed E-state index contributed by atoms with van der Waals surface area (Å²) in [6.45, 7) is 71.3. The molecule has 3 saturated carbocycles. The van der Waals surface area contributed by atoms with E-state index in [9.17, 15) is 18.3 Å². The Kier molecular flexibility index (Phi) is 65.6. The van der Waals surface area contributed by atoms with Crippen LogP contribution in [0, 0.1) is 47.3 Å². The number of hydrogen-bond acceptors (Lipinski definition) is 10. The van der Waals surface area contributed by atoms with Gasteiger partial charge < -0.3 is 48.6 Å². The van der Waals surface area contributed by atoms with Gasteiger partial charge in [0.2, 0.25) is 0 Å². The molecule has 0 amide bonds. The van der Waals surface area contributed by atoms with Gasteiger partial charge >= 0.3 is 6.18 Å². The molecule has 0 aromatic carbocycles. The molecule has 3 heterocycles. The molecule has 592 valence electrons. The number of ether oxygens (including phenoxy) is 5. The van der Waals surface area contributed by atoms with Gasteiger partial charge in [-0.3, -0.25) is 0 Å². The largest absolute Gasteiger partial charge is 0.411 e. The van der Waals surface area contributed by atoms with Gasteiger partial charge in [0.25, 0.3) is 0 Å². The fraction of sp³-hybridized carbons (Fsp3) is 1.00. The summed E-state index contributed by atoms with van der Waals surface area (Å²) in [4.78, 5) is 7.65. The molecule has 0 aromatic heterocycles. The quantitative estimate of drug-likeness (QED) is 0.130. The Morgan fingerprint density at radius 2 is 0.711 bits per heavy atom. The number of hydrogen-bond donors (Lipinski definition) is 2. The van der Waals surface area contributed by atoms with Crippen LogP contribution in [0.1, 0.15) is 362 Å². The first-order valence-corrected chi connectivity index (χ1v) is 40.3. The van der Waals surface area contributed by atoms with Crippen LogP contribution in [0.2, 0.25) is 0 Å². The zero-order valence-corrected chi connectivity index (χ0v) is 71.3. The van der Waals surface area contributed by atoms with E-state index < -0.39 is 12.8 Å². The Bertz CT molecular complexity index is 1540. The van der Waals surface area contributed by atoms with E-state index in [2.05, 4.69) is 158 Å². The minimum Gasteiger partial charge on any atom is -0.393 e. The lowest BCUT2D eigenvalue weighted by Crippen LogP contribution is -2.36. The molecule has 97 heavy (non-hydrogen) atoms. The fourth-order valence-corrected chi connectivity index (χ4v) is 12.6. The molecule has 6 fully saturated rings. The lowest BCUT2D eigenvalue weighted by Gasteiger charge is -2.35. The summed E-state index contributed by atoms with van der Waals surface area (Å²) in [5, 5.41) is 18.7. The van der Waals surface area contributed by atoms with Crippen molar-refractivity contribution in [2.24, 2.45) is 47.3 Å². The molecular formula is C84H178F3N3O7. The zero-order valence-electron chi connectivity index (χ0n) is 71.3. The number of aliphatic hydroxyl groups excluding tert-OH is 1. The smallest absolute Gasteiger partial charge is 0.393 e. The second kappa shape index (κ2) is 60.6. The maximum Gasteiger partial charge on any atom is 0.411 e. The number of likely N-dealkylation sites (tertiary alicyclic amines) is 3. The Morgan fingerprint density at radius 1 is 0.412 bits per heavy atom. The maximum absolute atomic E-state index is 11.3. The van der Waals surface area contributed by atoms with Gasteiger partial charge in [-0.05, 0) is 269 Å². The van der Waals surface area contributed by atoms with E-state index in [1.165, 1.54) is 181 Å². The summed E-state index contributed by atoms with van der Waals surface area (Å²) in [7, 11) is 3.44. The average Bonchev–Trinajstić information content (AvgIpc) is 1.38. The molecule has 0 atom stereocenters. The number of piperidine rings is 2. The first kappa shape index (κ1) is 105. The van der Waals surface area contributed by atoms with E-state index in [1.807, 2.05) is 55.4 Å². The number of rotatable bonds is 19. The van der Waals surface area contributed by atoms with Gasteiger partial charge in [-0.25, -0.2) is 0 Å². The molecule has 3 aliphatic heterocycles. The Labute approximate surface area is 606 Å². The SMILES string of the molecule is CC(C)C1(O)CCCCC1.CC(C)C1CCCCC1.CC(C)C1CCCCC1.CC(C)CC(C)C.CC(C)N1CCCC1.CC(C)N1CCCCC1.CC(C)N1CCCCC1.CC(C)OC(C)(C)CO.CC(C)OCC(F)(F)F.COC(C)(C)C(C)C.COCC(C)(C)OC(C)C. The highest BCUT2D eigenvalue weighted by molar-refractivity contribution is 4.85. The van der Waals surface area contributed by atoms with Gasteiger partial charge in [-0.1, -0.05) is 179 Å². The molecule has 2 N–H and O–H groups in total. The van der Waals surface area contributed by atoms with Crippen molar-refractivity contribution in [2.75, 3.05) is 73.3 Å². The van der Waals surface area contributed by atoms with Crippen LogP contribution in [-0.2, 0) is 23.7 Å². The van der Waals surface area contributed by atoms with Gasteiger partial charge in [0.1, 0.15) is 6.61 Å². The predicted molar refractivity (Wildman–Crippen MR) is 420 cm³/mol. The lowest BCUT2D eigenvalue weighted by atomic mass is 9.77. The highest BCUT2D eigenvalue weighted by atomic mass is 19.4. The van der Waals surface area contributed by atoms with Gasteiger partial charge in [-0.15, -0.1) is 0 Å². The van der Waals surface area contributed by atoms with Gasteiger partial charge in [0, 0.05) is 32.3 Å². The van der Waals surface area contributed by atoms with Crippen molar-refractivity contribution in [3.05, 3.63) is 0 Å². The Morgan fingerprint density at radius 3 is 0.866 bits per heavy atom. The molecule has 3 saturated heterocycles. The minimum atomic E-state index is -4.19. The highest BCUT2D eigenvalue weighted by Crippen LogP contribution is 2.34. The van der Waals surface area contributed by atoms with Crippen molar-refractivity contribution >= 4 is 0 Å². The molecule has 13 heteroatoms. The summed E-state index contributed by atoms with van der Waals surface area (Å²) in [5.74, 6) is 6.76. The molecule has 10 nitrogen and oxygen atoms in total. The summed E-state index contributed by atoms with van der Waals surface area (Å²) in [6, 6.07) is 2.31. The summed E-state index contributed by atoms with van der Waals surface area (Å²) >= 11 is 0. The minimum absolute atomic E-state index is 0.0417. The van der Waals surface area contributed by atoms with Crippen LogP contribution in [0.5, 0.6) is 0 Å². The number of halogens is 3. The first-order valence-electron chi connectivity index (χ1n) is 40.3. The monoisotopic (exact) mass is 1400 g/mol. The third-order valence-corrected chi connectivity index (χ3v) is 19.5. The summed E-state index contributed by atoms with van der Waals surface area (Å²) in [6.07, 6.45) is 29.4. The Balaban J connectivity index is -0.000000320. The zero-order chi connectivity index (χ0) is 76.2. The van der Waals surface area contributed by atoms with E-state index in [0.29, 0.717) is 18.4 Å². The maximum atomic E-state index is 11.3. The predicted octanol–water partition coefficient (Wildman–Crippen LogP) is 23.8. The summed E-state index contributed by atoms with van der Waals surface area (Å²) in [5.41, 5.74) is -0.810. The van der Waals surface area contributed by atoms with Crippen molar-refractivity contribution in [2.45, 2.75) is 427 Å². The van der Waals surface area contributed by atoms with Crippen molar-refractivity contribution in [1.82, 2.24) is 14.7 Å². The van der Waals surface area contributed by atoms with Crippen LogP contribution in [-0.4, -0.2) is 163 Å². The van der Waals surface area contributed by atoms with Crippen molar-refractivity contribution < 1.29 is 47.1 Å².